The number of oxazole rings is 1. The van der Waals surface area contributed by atoms with Crippen molar-refractivity contribution in [3.05, 3.63) is 63.8 Å². The number of nitrogens with zero attached hydrogens (tertiary/aromatic N) is 3. The summed E-state index contributed by atoms with van der Waals surface area (Å²) in [5.74, 6) is -1.44. The molecule has 6 rings (SSSR count). The summed E-state index contributed by atoms with van der Waals surface area (Å²) in [6.07, 6.45) is 9.03. The van der Waals surface area contributed by atoms with Crippen LogP contribution in [-0.2, 0) is 26.1 Å². The number of benzene rings is 1. The van der Waals surface area contributed by atoms with Gasteiger partial charge in [0.05, 0.1) is 12.6 Å². The minimum Gasteiger partial charge on any atom is -0.465 e. The molecule has 5 unspecified atom stereocenters. The number of hydrogen-bond acceptors (Lipinski definition) is 7. The zero-order valence-corrected chi connectivity index (χ0v) is 20.0. The SMILES string of the molecule is COC(=O)C1=CN(c2ccc3c(c2)oc(=O)n3C)C2OC2N(C2CCCC3C(Cl)=CC=CC32)C1=O. The van der Waals surface area contributed by atoms with E-state index in [1.165, 1.54) is 17.9 Å². The van der Waals surface area contributed by atoms with Gasteiger partial charge in [-0.15, -0.1) is 0 Å². The van der Waals surface area contributed by atoms with Gasteiger partial charge in [-0.05, 0) is 31.1 Å². The van der Waals surface area contributed by atoms with Crippen molar-refractivity contribution in [1.29, 1.82) is 0 Å². The number of allylic oxidation sites excluding steroid dienone is 3. The number of ether oxygens (including phenoxy) is 2. The molecule has 1 saturated carbocycles. The standard InChI is InChI=1S/C25H24ClN3O6/c1-27-19-10-9-13(11-20(19)34-25(27)32)28-12-16(24(31)33-2)21(30)29(23-22(28)35-23)18-8-4-5-14-15(18)6-3-7-17(14)26/h3,6-7,9-12,14-15,18,22-23H,4-5,8H2,1-2H3. The van der Waals surface area contributed by atoms with Gasteiger partial charge in [-0.1, -0.05) is 30.2 Å². The third-order valence-electron chi connectivity index (χ3n) is 7.43. The lowest BCUT2D eigenvalue weighted by atomic mass is 9.73. The Morgan fingerprint density at radius 2 is 2.03 bits per heavy atom. The number of aromatic nitrogens is 1. The molecule has 0 bridgehead atoms. The van der Waals surface area contributed by atoms with Gasteiger partial charge in [-0.2, -0.15) is 0 Å². The molecule has 9 nitrogen and oxygen atoms in total. The van der Waals surface area contributed by atoms with Crippen molar-refractivity contribution in [2.45, 2.75) is 37.8 Å². The Balaban J connectivity index is 1.40. The molecule has 10 heteroatoms. The van der Waals surface area contributed by atoms with Crippen LogP contribution in [0.25, 0.3) is 11.1 Å². The van der Waals surface area contributed by atoms with Crippen LogP contribution in [0.1, 0.15) is 19.3 Å². The molecule has 35 heavy (non-hydrogen) atoms. The summed E-state index contributed by atoms with van der Waals surface area (Å²) in [6, 6.07) is 5.09. The van der Waals surface area contributed by atoms with E-state index in [0.717, 1.165) is 24.3 Å². The van der Waals surface area contributed by atoms with Crippen LogP contribution in [0.4, 0.5) is 5.69 Å². The van der Waals surface area contributed by atoms with Crippen molar-refractivity contribution in [3.63, 3.8) is 0 Å². The number of rotatable bonds is 3. The van der Waals surface area contributed by atoms with Crippen LogP contribution < -0.4 is 10.7 Å². The number of halogens is 1. The highest BCUT2D eigenvalue weighted by atomic mass is 35.5. The first kappa shape index (κ1) is 22.2. The Morgan fingerprint density at radius 3 is 2.83 bits per heavy atom. The van der Waals surface area contributed by atoms with Gasteiger partial charge in [-0.25, -0.2) is 9.59 Å². The van der Waals surface area contributed by atoms with E-state index in [1.54, 1.807) is 35.0 Å². The second kappa shape index (κ2) is 8.13. The Labute approximate surface area is 205 Å². The van der Waals surface area contributed by atoms with E-state index >= 15 is 0 Å². The number of hydrogen-bond donors (Lipinski definition) is 0. The smallest absolute Gasteiger partial charge is 0.419 e. The highest BCUT2D eigenvalue weighted by molar-refractivity contribution is 6.30. The molecular formula is C25H24ClN3O6. The first-order chi connectivity index (χ1) is 16.9. The topological polar surface area (TPSA) is 97.5 Å². The van der Waals surface area contributed by atoms with Crippen molar-refractivity contribution in [3.8, 4) is 0 Å². The summed E-state index contributed by atoms with van der Waals surface area (Å²) in [4.78, 5) is 41.9. The summed E-state index contributed by atoms with van der Waals surface area (Å²) >= 11 is 6.52. The third-order valence-corrected chi connectivity index (χ3v) is 7.84. The first-order valence-electron chi connectivity index (χ1n) is 11.6. The Kier molecular flexibility index (Phi) is 5.16. The summed E-state index contributed by atoms with van der Waals surface area (Å²) in [5, 5.41) is 0.792. The number of fused-ring (bicyclic) bond motifs is 3. The Hall–Kier alpha value is -3.30. The van der Waals surface area contributed by atoms with Gasteiger partial charge in [0.1, 0.15) is 5.57 Å². The molecule has 2 aliphatic heterocycles. The van der Waals surface area contributed by atoms with Crippen molar-refractivity contribution >= 4 is 40.3 Å². The third kappa shape index (κ3) is 3.44. The van der Waals surface area contributed by atoms with Gasteiger partial charge in [0, 0.05) is 47.9 Å². The molecule has 0 radical (unpaired) electrons. The van der Waals surface area contributed by atoms with Gasteiger partial charge in [0.25, 0.3) is 5.91 Å². The molecule has 2 aromatic rings. The summed E-state index contributed by atoms with van der Waals surface area (Å²) in [5.41, 5.74) is 1.58. The van der Waals surface area contributed by atoms with E-state index < -0.39 is 30.1 Å². The van der Waals surface area contributed by atoms with Gasteiger partial charge in [-0.3, -0.25) is 9.36 Å². The normalized spacial score (nSPS) is 29.8. The number of aryl methyl sites for hydroxylation is 1. The minimum atomic E-state index is -0.719. The van der Waals surface area contributed by atoms with Crippen LogP contribution in [-0.4, -0.2) is 47.0 Å². The first-order valence-corrected chi connectivity index (χ1v) is 12.0. The summed E-state index contributed by atoms with van der Waals surface area (Å²) < 4.78 is 17.8. The number of esters is 1. The number of carbonyl (C=O) groups excluding carboxylic acids is 2. The highest BCUT2D eigenvalue weighted by Crippen LogP contribution is 2.46. The van der Waals surface area contributed by atoms with Crippen LogP contribution >= 0.6 is 11.6 Å². The van der Waals surface area contributed by atoms with Crippen LogP contribution in [0.2, 0.25) is 0 Å². The predicted octanol–water partition coefficient (Wildman–Crippen LogP) is 3.00. The van der Waals surface area contributed by atoms with Crippen LogP contribution in [0.15, 0.2) is 62.4 Å². The summed E-state index contributed by atoms with van der Waals surface area (Å²) in [6.45, 7) is 0. The number of amides is 1. The number of epoxide rings is 1. The molecule has 2 aliphatic carbocycles. The largest absolute Gasteiger partial charge is 0.465 e. The second-order valence-corrected chi connectivity index (χ2v) is 9.71. The molecule has 5 atom stereocenters. The maximum Gasteiger partial charge on any atom is 0.419 e. The van der Waals surface area contributed by atoms with Crippen molar-refractivity contribution in [2.24, 2.45) is 18.9 Å². The molecule has 3 heterocycles. The van der Waals surface area contributed by atoms with E-state index in [4.69, 9.17) is 25.5 Å². The molecule has 1 aromatic heterocycles. The minimum absolute atomic E-state index is 0.0374. The van der Waals surface area contributed by atoms with Gasteiger partial charge >= 0.3 is 11.7 Å². The zero-order chi connectivity index (χ0) is 24.4. The molecule has 1 saturated heterocycles. The lowest BCUT2D eigenvalue weighted by Gasteiger charge is -2.43. The molecule has 4 aliphatic rings. The number of anilines is 1. The van der Waals surface area contributed by atoms with E-state index in [1.807, 2.05) is 12.2 Å². The van der Waals surface area contributed by atoms with Crippen molar-refractivity contribution in [1.82, 2.24) is 9.47 Å². The fraction of sp³-hybridized carbons (Fsp3) is 0.400. The molecule has 1 amide bonds. The van der Waals surface area contributed by atoms with Crippen molar-refractivity contribution in [2.75, 3.05) is 12.0 Å². The zero-order valence-electron chi connectivity index (χ0n) is 19.2. The van der Waals surface area contributed by atoms with Gasteiger partial charge < -0.3 is 23.7 Å². The number of methoxy groups -OCH3 is 1. The fourth-order valence-electron chi connectivity index (χ4n) is 5.63. The predicted molar refractivity (Wildman–Crippen MR) is 127 cm³/mol. The molecule has 2 fully saturated rings. The monoisotopic (exact) mass is 497 g/mol. The van der Waals surface area contributed by atoms with Crippen molar-refractivity contribution < 1.29 is 23.5 Å². The lowest BCUT2D eigenvalue weighted by molar-refractivity contribution is -0.142. The van der Waals surface area contributed by atoms with E-state index in [9.17, 15) is 14.4 Å². The highest BCUT2D eigenvalue weighted by Gasteiger charge is 2.57. The molecule has 0 N–H and O–H groups in total. The molecule has 182 valence electrons. The van der Waals surface area contributed by atoms with E-state index in [-0.39, 0.29) is 23.5 Å². The van der Waals surface area contributed by atoms with Crippen LogP contribution in [0.5, 0.6) is 0 Å². The molecule has 0 spiro atoms. The Bertz CT molecular complexity index is 1390. The average molecular weight is 498 g/mol. The van der Waals surface area contributed by atoms with Crippen LogP contribution in [0.3, 0.4) is 0 Å². The fourth-order valence-corrected chi connectivity index (χ4v) is 5.96. The second-order valence-electron chi connectivity index (χ2n) is 9.27. The average Bonchev–Trinajstić information content (AvgIpc) is 3.59. The maximum atomic E-state index is 13.8. The lowest BCUT2D eigenvalue weighted by Crippen LogP contribution is -2.51. The van der Waals surface area contributed by atoms with E-state index in [0.29, 0.717) is 16.8 Å². The van der Waals surface area contributed by atoms with Gasteiger partial charge in [0.2, 0.25) is 0 Å². The maximum absolute atomic E-state index is 13.8. The molecule has 1 aromatic carbocycles. The Morgan fingerprint density at radius 1 is 1.20 bits per heavy atom. The summed E-state index contributed by atoms with van der Waals surface area (Å²) in [7, 11) is 2.88. The van der Waals surface area contributed by atoms with Gasteiger partial charge in [0.15, 0.2) is 18.0 Å². The number of carbonyl (C=O) groups is 2. The molecular weight excluding hydrogens is 474 g/mol. The quantitative estimate of drug-likeness (QED) is 0.365. The van der Waals surface area contributed by atoms with E-state index in [2.05, 4.69) is 6.08 Å². The van der Waals surface area contributed by atoms with Crippen LogP contribution in [0, 0.1) is 11.8 Å².